The summed E-state index contributed by atoms with van der Waals surface area (Å²) >= 11 is 5.92. The molecule has 0 unspecified atom stereocenters. The van der Waals surface area contributed by atoms with E-state index in [4.69, 9.17) is 16.3 Å². The Balaban J connectivity index is 1.44. The molecule has 37 heavy (non-hydrogen) atoms. The van der Waals surface area contributed by atoms with E-state index in [0.717, 1.165) is 15.4 Å². The van der Waals surface area contributed by atoms with Crippen LogP contribution in [-0.2, 0) is 16.2 Å². The Morgan fingerprint density at radius 3 is 1.68 bits per heavy atom. The van der Waals surface area contributed by atoms with Gasteiger partial charge in [-0.1, -0.05) is 72.3 Å². The highest BCUT2D eigenvalue weighted by atomic mass is 35.5. The highest BCUT2D eigenvalue weighted by Gasteiger charge is 2.43. The minimum Gasteiger partial charge on any atom is -0.489 e. The van der Waals surface area contributed by atoms with Crippen molar-refractivity contribution in [2.45, 2.75) is 6.61 Å². The molecule has 0 N–H and O–H groups in total. The van der Waals surface area contributed by atoms with Crippen molar-refractivity contribution in [3.8, 4) is 5.75 Å². The zero-order chi connectivity index (χ0) is 25.8. The predicted molar refractivity (Wildman–Crippen MR) is 143 cm³/mol. The number of anilines is 2. The first kappa shape index (κ1) is 24.0. The van der Waals surface area contributed by atoms with Crippen LogP contribution < -0.4 is 14.5 Å². The van der Waals surface area contributed by atoms with Gasteiger partial charge < -0.3 is 4.74 Å². The summed E-state index contributed by atoms with van der Waals surface area (Å²) < 4.78 is 5.82. The maximum Gasteiger partial charge on any atom is 0.343 e. The molecular formula is C30H21ClN2O4. The van der Waals surface area contributed by atoms with Gasteiger partial charge in [-0.05, 0) is 65.7 Å². The molecule has 0 spiro atoms. The van der Waals surface area contributed by atoms with Crippen molar-refractivity contribution >= 4 is 46.9 Å². The van der Waals surface area contributed by atoms with Crippen molar-refractivity contribution in [1.29, 1.82) is 0 Å². The van der Waals surface area contributed by atoms with E-state index in [9.17, 15) is 14.4 Å². The van der Waals surface area contributed by atoms with E-state index in [-0.39, 0.29) is 5.57 Å². The molecule has 1 saturated heterocycles. The van der Waals surface area contributed by atoms with Gasteiger partial charge in [-0.3, -0.25) is 9.59 Å². The van der Waals surface area contributed by atoms with Gasteiger partial charge in [-0.25, -0.2) is 14.6 Å². The summed E-state index contributed by atoms with van der Waals surface area (Å²) in [5.41, 5.74) is 2.22. The molecule has 1 aliphatic rings. The maximum absolute atomic E-state index is 13.4. The van der Waals surface area contributed by atoms with Crippen LogP contribution >= 0.6 is 11.6 Å². The molecule has 5 rings (SSSR count). The topological polar surface area (TPSA) is 66.9 Å². The molecule has 1 aliphatic heterocycles. The Kier molecular flexibility index (Phi) is 6.83. The van der Waals surface area contributed by atoms with E-state index >= 15 is 0 Å². The lowest BCUT2D eigenvalue weighted by Crippen LogP contribution is -2.57. The first-order valence-electron chi connectivity index (χ1n) is 11.5. The fourth-order valence-corrected chi connectivity index (χ4v) is 4.04. The zero-order valence-electron chi connectivity index (χ0n) is 19.6. The lowest BCUT2D eigenvalue weighted by atomic mass is 10.0. The van der Waals surface area contributed by atoms with E-state index in [1.54, 1.807) is 97.1 Å². The standard InChI is InChI=1S/C30H21ClN2O4/c31-23-15-11-22(12-16-23)20-37-26-17-13-21(14-18-26)19-27-28(34)32(24-7-3-1-4-8-24)30(36)33(29(27)35)25-9-5-2-6-10-25/h1-19H,20H2. The minimum atomic E-state index is -0.726. The number of para-hydroxylation sites is 2. The number of rotatable bonds is 6. The second-order valence-electron chi connectivity index (χ2n) is 8.28. The van der Waals surface area contributed by atoms with Crippen LogP contribution in [0, 0.1) is 0 Å². The molecule has 6 nitrogen and oxygen atoms in total. The second-order valence-corrected chi connectivity index (χ2v) is 8.71. The number of urea groups is 1. The van der Waals surface area contributed by atoms with Crippen molar-refractivity contribution in [3.63, 3.8) is 0 Å². The average Bonchev–Trinajstić information content (AvgIpc) is 2.93. The van der Waals surface area contributed by atoms with Crippen LogP contribution in [0.2, 0.25) is 5.02 Å². The number of imide groups is 2. The minimum absolute atomic E-state index is 0.123. The largest absolute Gasteiger partial charge is 0.489 e. The number of halogens is 1. The number of carbonyl (C=O) groups excluding carboxylic acids is 3. The van der Waals surface area contributed by atoms with E-state index in [1.807, 2.05) is 12.1 Å². The Bertz CT molecular complexity index is 1400. The van der Waals surface area contributed by atoms with E-state index in [2.05, 4.69) is 0 Å². The highest BCUT2D eigenvalue weighted by molar-refractivity contribution is 6.46. The molecule has 4 aromatic carbocycles. The van der Waals surface area contributed by atoms with Gasteiger partial charge >= 0.3 is 6.03 Å². The van der Waals surface area contributed by atoms with E-state index in [0.29, 0.717) is 34.3 Å². The van der Waals surface area contributed by atoms with Crippen molar-refractivity contribution in [2.75, 3.05) is 9.80 Å². The van der Waals surface area contributed by atoms with Crippen LogP contribution in [0.3, 0.4) is 0 Å². The summed E-state index contributed by atoms with van der Waals surface area (Å²) in [5.74, 6) is -0.738. The number of benzene rings is 4. The molecule has 4 aromatic rings. The van der Waals surface area contributed by atoms with Gasteiger partial charge in [0.2, 0.25) is 0 Å². The van der Waals surface area contributed by atoms with Crippen molar-refractivity contribution in [3.05, 3.63) is 131 Å². The quantitative estimate of drug-likeness (QED) is 0.220. The van der Waals surface area contributed by atoms with Gasteiger partial charge in [0.25, 0.3) is 11.8 Å². The average molecular weight is 509 g/mol. The Labute approximate surface area is 219 Å². The molecule has 0 atom stereocenters. The Hall–Kier alpha value is -4.68. The zero-order valence-corrected chi connectivity index (χ0v) is 20.3. The molecule has 0 saturated carbocycles. The number of carbonyl (C=O) groups is 3. The van der Waals surface area contributed by atoms with Gasteiger partial charge in [0.1, 0.15) is 17.9 Å². The van der Waals surface area contributed by atoms with Crippen molar-refractivity contribution < 1.29 is 19.1 Å². The molecule has 0 radical (unpaired) electrons. The van der Waals surface area contributed by atoms with Crippen LogP contribution in [0.1, 0.15) is 11.1 Å². The molecule has 1 heterocycles. The number of nitrogens with zero attached hydrogens (tertiary/aromatic N) is 2. The third-order valence-electron chi connectivity index (χ3n) is 5.79. The molecular weight excluding hydrogens is 488 g/mol. The van der Waals surface area contributed by atoms with Crippen LogP contribution in [0.4, 0.5) is 16.2 Å². The lowest BCUT2D eigenvalue weighted by molar-refractivity contribution is -0.121. The van der Waals surface area contributed by atoms with Crippen LogP contribution in [0.15, 0.2) is 115 Å². The number of hydrogen-bond donors (Lipinski definition) is 0. The number of ether oxygens (including phenoxy) is 1. The Morgan fingerprint density at radius 2 is 1.16 bits per heavy atom. The fourth-order valence-electron chi connectivity index (χ4n) is 3.91. The SMILES string of the molecule is O=C1C(=Cc2ccc(OCc3ccc(Cl)cc3)cc2)C(=O)N(c2ccccc2)C(=O)N1c1ccccc1. The molecule has 1 fully saturated rings. The predicted octanol–water partition coefficient (Wildman–Crippen LogP) is 6.50. The lowest BCUT2D eigenvalue weighted by Gasteiger charge is -2.33. The highest BCUT2D eigenvalue weighted by Crippen LogP contribution is 2.29. The summed E-state index contributed by atoms with van der Waals surface area (Å²) in [5, 5.41) is 0.659. The Morgan fingerprint density at radius 1 is 0.649 bits per heavy atom. The summed E-state index contributed by atoms with van der Waals surface area (Å²) in [6, 6.07) is 30.8. The monoisotopic (exact) mass is 508 g/mol. The van der Waals surface area contributed by atoms with Gasteiger partial charge in [0, 0.05) is 5.02 Å². The first-order chi connectivity index (χ1) is 18.0. The van der Waals surface area contributed by atoms with Gasteiger partial charge in [-0.15, -0.1) is 0 Å². The molecule has 0 aliphatic carbocycles. The van der Waals surface area contributed by atoms with Crippen molar-refractivity contribution in [1.82, 2.24) is 0 Å². The summed E-state index contributed by atoms with van der Waals surface area (Å²) in [6.07, 6.45) is 1.49. The molecule has 4 amide bonds. The smallest absolute Gasteiger partial charge is 0.343 e. The second kappa shape index (κ2) is 10.5. The fraction of sp³-hybridized carbons (Fsp3) is 0.0333. The normalized spacial score (nSPS) is 13.6. The molecule has 0 bridgehead atoms. The van der Waals surface area contributed by atoms with Crippen LogP contribution in [-0.4, -0.2) is 17.8 Å². The molecule has 0 aromatic heterocycles. The van der Waals surface area contributed by atoms with Gasteiger partial charge in [0.15, 0.2) is 0 Å². The van der Waals surface area contributed by atoms with Crippen LogP contribution in [0.25, 0.3) is 6.08 Å². The third kappa shape index (κ3) is 5.15. The number of hydrogen-bond acceptors (Lipinski definition) is 4. The van der Waals surface area contributed by atoms with Gasteiger partial charge in [0.05, 0.1) is 11.4 Å². The van der Waals surface area contributed by atoms with Crippen molar-refractivity contribution in [2.24, 2.45) is 0 Å². The molecule has 182 valence electrons. The number of barbiturate groups is 1. The third-order valence-corrected chi connectivity index (χ3v) is 6.04. The summed E-state index contributed by atoms with van der Waals surface area (Å²) in [7, 11) is 0. The maximum atomic E-state index is 13.4. The van der Waals surface area contributed by atoms with E-state index < -0.39 is 17.8 Å². The van der Waals surface area contributed by atoms with Crippen LogP contribution in [0.5, 0.6) is 5.75 Å². The summed E-state index contributed by atoms with van der Waals surface area (Å²) in [6.45, 7) is 0.370. The number of amides is 4. The first-order valence-corrected chi connectivity index (χ1v) is 11.9. The van der Waals surface area contributed by atoms with Gasteiger partial charge in [-0.2, -0.15) is 0 Å². The molecule has 7 heteroatoms. The summed E-state index contributed by atoms with van der Waals surface area (Å²) in [4.78, 5) is 42.3. The van der Waals surface area contributed by atoms with E-state index in [1.165, 1.54) is 6.08 Å².